The predicted octanol–water partition coefficient (Wildman–Crippen LogP) is 8.58. The van der Waals surface area contributed by atoms with Gasteiger partial charge < -0.3 is 15.5 Å². The zero-order valence-corrected chi connectivity index (χ0v) is 25.0. The molecule has 0 radical (unpaired) electrons. The van der Waals surface area contributed by atoms with Crippen LogP contribution in [0.1, 0.15) is 63.4 Å². The number of alkyl halides is 9. The third-order valence-corrected chi connectivity index (χ3v) is 7.69. The number of fused-ring (bicyclic) bond motifs is 1. The Balaban J connectivity index is 1.92. The van der Waals surface area contributed by atoms with E-state index in [1.807, 2.05) is 0 Å². The van der Waals surface area contributed by atoms with E-state index >= 15 is 0 Å². The van der Waals surface area contributed by atoms with E-state index in [4.69, 9.17) is 5.73 Å². The lowest BCUT2D eigenvalue weighted by Gasteiger charge is -2.34. The van der Waals surface area contributed by atoms with Crippen LogP contribution in [0.2, 0.25) is 0 Å². The molecule has 0 unspecified atom stereocenters. The van der Waals surface area contributed by atoms with Crippen molar-refractivity contribution >= 4 is 11.6 Å². The van der Waals surface area contributed by atoms with E-state index in [1.54, 1.807) is 29.2 Å². The molecule has 0 saturated carbocycles. The zero-order valence-electron chi connectivity index (χ0n) is 25.0. The van der Waals surface area contributed by atoms with Gasteiger partial charge in [0.1, 0.15) is 0 Å². The van der Waals surface area contributed by atoms with E-state index in [2.05, 4.69) is 21.5 Å². The van der Waals surface area contributed by atoms with Gasteiger partial charge in [-0.2, -0.15) is 49.9 Å². The normalized spacial score (nSPS) is 16.2. The summed E-state index contributed by atoms with van der Waals surface area (Å²) in [6, 6.07) is 11.0. The molecule has 3 aromatic carbocycles. The number of anilines is 1. The molecule has 1 heterocycles. The summed E-state index contributed by atoms with van der Waals surface area (Å²) in [5.74, 6) is -0.432. The van der Waals surface area contributed by atoms with E-state index in [0.29, 0.717) is 29.7 Å². The summed E-state index contributed by atoms with van der Waals surface area (Å²) >= 11 is 0. The molecule has 0 amide bonds. The molecule has 2 N–H and O–H groups in total. The summed E-state index contributed by atoms with van der Waals surface area (Å²) in [5, 5.41) is 20.3. The first kappa shape index (κ1) is 35.1. The van der Waals surface area contributed by atoms with Crippen molar-refractivity contribution in [2.24, 2.45) is 21.2 Å². The molecule has 3 aromatic rings. The van der Waals surface area contributed by atoms with E-state index in [-0.39, 0.29) is 42.4 Å². The summed E-state index contributed by atoms with van der Waals surface area (Å²) < 4.78 is 125. The smallest absolute Gasteiger partial charge is 0.368 e. The molecule has 0 aromatic heterocycles. The fourth-order valence-electron chi connectivity index (χ4n) is 5.58. The van der Waals surface area contributed by atoms with Crippen LogP contribution in [0.15, 0.2) is 70.0 Å². The summed E-state index contributed by atoms with van der Waals surface area (Å²) in [6.45, 7) is 0.851. The van der Waals surface area contributed by atoms with Gasteiger partial charge in [-0.25, -0.2) is 0 Å². The molecule has 16 heteroatoms. The molecule has 1 aliphatic rings. The Bertz CT molecular complexity index is 1670. The van der Waals surface area contributed by atoms with Crippen LogP contribution in [-0.4, -0.2) is 24.5 Å². The minimum atomic E-state index is -5.11. The predicted molar refractivity (Wildman–Crippen MR) is 155 cm³/mol. The van der Waals surface area contributed by atoms with Gasteiger partial charge >= 0.3 is 18.5 Å². The minimum absolute atomic E-state index is 0.00346. The SMILES string of the molecule is CN=N/N=C(\N)N(Cc1cc(C(F)(F)F)cc(C(F)(F)F)c1)[C@H]1CCCN(Cc2ccccc2C#N)c2cc(C(F)(F)F)c(C)cc21. The molecule has 0 bridgehead atoms. The molecule has 250 valence electrons. The van der Waals surface area contributed by atoms with Crippen LogP contribution in [-0.2, 0) is 31.6 Å². The second-order valence-electron chi connectivity index (χ2n) is 10.9. The first-order chi connectivity index (χ1) is 21.9. The van der Waals surface area contributed by atoms with Gasteiger partial charge in [0.25, 0.3) is 0 Å². The van der Waals surface area contributed by atoms with E-state index in [9.17, 15) is 44.8 Å². The van der Waals surface area contributed by atoms with Gasteiger partial charge in [-0.15, -0.1) is 0 Å². The molecule has 0 saturated heterocycles. The van der Waals surface area contributed by atoms with Crippen molar-refractivity contribution in [2.45, 2.75) is 57.4 Å². The van der Waals surface area contributed by atoms with Crippen LogP contribution >= 0.6 is 0 Å². The van der Waals surface area contributed by atoms with Crippen LogP contribution in [0.4, 0.5) is 45.2 Å². The number of hydrogen-bond acceptors (Lipinski definition) is 4. The first-order valence-corrected chi connectivity index (χ1v) is 14.1. The number of nitriles is 1. The van der Waals surface area contributed by atoms with Crippen molar-refractivity contribution in [3.05, 3.63) is 99.1 Å². The average molecular weight is 670 g/mol. The Morgan fingerprint density at radius 3 is 2.17 bits per heavy atom. The highest BCUT2D eigenvalue weighted by atomic mass is 19.4. The highest BCUT2D eigenvalue weighted by Crippen LogP contribution is 2.44. The molecule has 1 atom stereocenters. The van der Waals surface area contributed by atoms with E-state index < -0.39 is 59.3 Å². The summed E-state index contributed by atoms with van der Waals surface area (Å²) in [7, 11) is 1.25. The van der Waals surface area contributed by atoms with Gasteiger partial charge in [-0.3, -0.25) is 0 Å². The summed E-state index contributed by atoms with van der Waals surface area (Å²) in [6.07, 6.45) is -14.5. The van der Waals surface area contributed by atoms with Crippen molar-refractivity contribution in [2.75, 3.05) is 18.5 Å². The molecule has 47 heavy (non-hydrogen) atoms. The highest BCUT2D eigenvalue weighted by molar-refractivity contribution is 5.79. The van der Waals surface area contributed by atoms with E-state index in [1.165, 1.54) is 24.9 Å². The van der Waals surface area contributed by atoms with Crippen LogP contribution < -0.4 is 10.6 Å². The Labute approximate surface area is 263 Å². The average Bonchev–Trinajstić information content (AvgIpc) is 3.15. The summed E-state index contributed by atoms with van der Waals surface area (Å²) in [4.78, 5) is 2.87. The number of nitrogens with two attached hydrogens (primary N) is 1. The molecule has 0 spiro atoms. The van der Waals surface area contributed by atoms with E-state index in [0.717, 1.165) is 6.07 Å². The first-order valence-electron chi connectivity index (χ1n) is 14.1. The van der Waals surface area contributed by atoms with Crippen molar-refractivity contribution < 1.29 is 39.5 Å². The van der Waals surface area contributed by atoms with Crippen LogP contribution in [0.3, 0.4) is 0 Å². The Hall–Kier alpha value is -4.81. The molecule has 0 aliphatic carbocycles. The third kappa shape index (κ3) is 8.13. The molecular weight excluding hydrogens is 641 g/mol. The molecule has 4 rings (SSSR count). The maximum atomic E-state index is 14.2. The number of guanidine groups is 1. The van der Waals surface area contributed by atoms with Gasteiger partial charge in [0.15, 0.2) is 0 Å². The van der Waals surface area contributed by atoms with Crippen molar-refractivity contribution in [1.82, 2.24) is 4.90 Å². The minimum Gasteiger partial charge on any atom is -0.368 e. The van der Waals surface area contributed by atoms with Gasteiger partial charge in [-0.05, 0) is 77.6 Å². The third-order valence-electron chi connectivity index (χ3n) is 7.69. The lowest BCUT2D eigenvalue weighted by molar-refractivity contribution is -0.143. The molecule has 0 fully saturated rings. The van der Waals surface area contributed by atoms with Gasteiger partial charge in [0.2, 0.25) is 5.96 Å². The number of halogens is 9. The lowest BCUT2D eigenvalue weighted by atomic mass is 9.94. The maximum Gasteiger partial charge on any atom is 0.416 e. The zero-order chi connectivity index (χ0) is 34.7. The molecule has 7 nitrogen and oxygen atoms in total. The quantitative estimate of drug-likeness (QED) is 0.0936. The van der Waals surface area contributed by atoms with Crippen molar-refractivity contribution in [3.63, 3.8) is 0 Å². The monoisotopic (exact) mass is 669 g/mol. The molecule has 1 aliphatic heterocycles. The highest BCUT2D eigenvalue weighted by Gasteiger charge is 2.39. The fraction of sp³-hybridized carbons (Fsp3) is 0.355. The summed E-state index contributed by atoms with van der Waals surface area (Å²) in [5.41, 5.74) is 2.85. The van der Waals surface area contributed by atoms with Crippen LogP contribution in [0.25, 0.3) is 0 Å². The number of nitrogens with zero attached hydrogens (tertiary/aromatic N) is 6. The lowest BCUT2D eigenvalue weighted by Crippen LogP contribution is -2.40. The van der Waals surface area contributed by atoms with Gasteiger partial charge in [0.05, 0.1) is 41.4 Å². The number of rotatable bonds is 6. The number of aryl methyl sites for hydroxylation is 1. The Morgan fingerprint density at radius 2 is 1.60 bits per heavy atom. The Morgan fingerprint density at radius 1 is 0.957 bits per heavy atom. The topological polar surface area (TPSA) is 93.4 Å². The van der Waals surface area contributed by atoms with Crippen LogP contribution in [0, 0.1) is 18.3 Å². The number of benzene rings is 3. The van der Waals surface area contributed by atoms with Gasteiger partial charge in [-0.1, -0.05) is 29.4 Å². The number of hydrogen-bond donors (Lipinski definition) is 1. The van der Waals surface area contributed by atoms with Gasteiger partial charge in [0, 0.05) is 25.3 Å². The molecular formula is C31H28F9N7. The van der Waals surface area contributed by atoms with Crippen LogP contribution in [0.5, 0.6) is 0 Å². The second kappa shape index (κ2) is 13.5. The maximum absolute atomic E-state index is 14.2. The van der Waals surface area contributed by atoms with Crippen molar-refractivity contribution in [1.29, 1.82) is 5.26 Å². The Kier molecular flexibility index (Phi) is 10.1. The largest absolute Gasteiger partial charge is 0.416 e. The van der Waals surface area contributed by atoms with Crippen molar-refractivity contribution in [3.8, 4) is 6.07 Å². The standard InChI is InChI=1S/C31H28F9N7/c1-18-10-24-26(8-5-9-46(27(24)14-25(18)31(38,39)40)17-21-7-4-3-6-20(21)15-41)47(28(42)44-45-43-2)16-19-11-22(29(32,33)34)13-23(12-19)30(35,36)37/h3-4,6-7,10-14,26H,5,8-9,16-17H2,1-2H3,(H2,42,43,44)/t26-/m0/s1. The fourth-order valence-corrected chi connectivity index (χ4v) is 5.58. The second-order valence-corrected chi connectivity index (χ2v) is 10.9.